The van der Waals surface area contributed by atoms with E-state index >= 15 is 0 Å². The van der Waals surface area contributed by atoms with Gasteiger partial charge in [0, 0.05) is 12.2 Å². The SMILES string of the molecule is CC(C)OC(=O)c1ccc(NC(=O)C[C@H]2NC(=O)N(CCc3ccccc3)C2=O)cc1. The van der Waals surface area contributed by atoms with Gasteiger partial charge in [-0.15, -0.1) is 0 Å². The normalized spacial score (nSPS) is 15.7. The molecule has 2 aromatic carbocycles. The van der Waals surface area contributed by atoms with E-state index in [1.165, 1.54) is 0 Å². The molecule has 31 heavy (non-hydrogen) atoms. The summed E-state index contributed by atoms with van der Waals surface area (Å²) in [5.41, 5.74) is 1.87. The zero-order chi connectivity index (χ0) is 22.4. The van der Waals surface area contributed by atoms with Crippen molar-refractivity contribution in [1.29, 1.82) is 0 Å². The minimum absolute atomic E-state index is 0.177. The van der Waals surface area contributed by atoms with E-state index < -0.39 is 29.9 Å². The number of nitrogens with one attached hydrogen (secondary N) is 2. The Morgan fingerprint density at radius 3 is 2.39 bits per heavy atom. The molecule has 2 aromatic rings. The van der Waals surface area contributed by atoms with Crippen molar-refractivity contribution in [3.63, 3.8) is 0 Å². The predicted octanol–water partition coefficient (Wildman–Crippen LogP) is 2.74. The first kappa shape index (κ1) is 22.0. The molecule has 1 saturated heterocycles. The molecule has 0 spiro atoms. The average Bonchev–Trinajstić information content (AvgIpc) is 2.99. The summed E-state index contributed by atoms with van der Waals surface area (Å²) in [6, 6.07) is 14.4. The molecule has 1 heterocycles. The van der Waals surface area contributed by atoms with Gasteiger partial charge in [0.1, 0.15) is 6.04 Å². The van der Waals surface area contributed by atoms with Gasteiger partial charge in [-0.25, -0.2) is 9.59 Å². The third-order valence-electron chi connectivity index (χ3n) is 4.71. The van der Waals surface area contributed by atoms with E-state index in [9.17, 15) is 19.2 Å². The van der Waals surface area contributed by atoms with Crippen LogP contribution in [0.1, 0.15) is 36.2 Å². The summed E-state index contributed by atoms with van der Waals surface area (Å²) in [5.74, 6) is -1.27. The maximum absolute atomic E-state index is 12.5. The maximum Gasteiger partial charge on any atom is 0.338 e. The van der Waals surface area contributed by atoms with Crippen molar-refractivity contribution < 1.29 is 23.9 Å². The van der Waals surface area contributed by atoms with Gasteiger partial charge in [-0.3, -0.25) is 14.5 Å². The summed E-state index contributed by atoms with van der Waals surface area (Å²) < 4.78 is 5.12. The highest BCUT2D eigenvalue weighted by molar-refractivity contribution is 6.07. The van der Waals surface area contributed by atoms with Crippen LogP contribution in [-0.2, 0) is 20.7 Å². The second kappa shape index (κ2) is 9.88. The van der Waals surface area contributed by atoms with Crippen LogP contribution in [0.5, 0.6) is 0 Å². The van der Waals surface area contributed by atoms with Gasteiger partial charge in [0.2, 0.25) is 5.91 Å². The number of hydrogen-bond donors (Lipinski definition) is 2. The molecule has 8 heteroatoms. The highest BCUT2D eigenvalue weighted by Crippen LogP contribution is 2.15. The van der Waals surface area contributed by atoms with Crippen LogP contribution in [0.4, 0.5) is 10.5 Å². The Balaban J connectivity index is 1.51. The number of imide groups is 1. The summed E-state index contributed by atoms with van der Waals surface area (Å²) in [7, 11) is 0. The third-order valence-corrected chi connectivity index (χ3v) is 4.71. The van der Waals surface area contributed by atoms with Gasteiger partial charge in [-0.1, -0.05) is 30.3 Å². The Hall–Kier alpha value is -3.68. The summed E-state index contributed by atoms with van der Waals surface area (Å²) in [4.78, 5) is 50.0. The van der Waals surface area contributed by atoms with Crippen molar-refractivity contribution in [3.05, 3.63) is 65.7 Å². The second-order valence-corrected chi connectivity index (χ2v) is 7.51. The molecule has 8 nitrogen and oxygen atoms in total. The Morgan fingerprint density at radius 1 is 1.06 bits per heavy atom. The van der Waals surface area contributed by atoms with Crippen molar-refractivity contribution in [2.24, 2.45) is 0 Å². The molecular weight excluding hydrogens is 398 g/mol. The zero-order valence-electron chi connectivity index (χ0n) is 17.5. The van der Waals surface area contributed by atoms with Crippen molar-refractivity contribution in [3.8, 4) is 0 Å². The summed E-state index contributed by atoms with van der Waals surface area (Å²) in [5, 5.41) is 5.24. The van der Waals surface area contributed by atoms with Crippen LogP contribution >= 0.6 is 0 Å². The van der Waals surface area contributed by atoms with Crippen molar-refractivity contribution in [2.75, 3.05) is 11.9 Å². The Morgan fingerprint density at radius 2 is 1.74 bits per heavy atom. The van der Waals surface area contributed by atoms with Gasteiger partial charge in [0.25, 0.3) is 5.91 Å². The van der Waals surface area contributed by atoms with Crippen LogP contribution in [0, 0.1) is 0 Å². The van der Waals surface area contributed by atoms with Crippen LogP contribution in [-0.4, -0.2) is 47.4 Å². The molecule has 0 aliphatic carbocycles. The molecule has 0 bridgehead atoms. The first-order valence-electron chi connectivity index (χ1n) is 10.1. The number of amides is 4. The Bertz CT molecular complexity index is 957. The monoisotopic (exact) mass is 423 g/mol. The topological polar surface area (TPSA) is 105 Å². The average molecular weight is 423 g/mol. The number of hydrogen-bond acceptors (Lipinski definition) is 5. The molecule has 0 saturated carbocycles. The number of anilines is 1. The van der Waals surface area contributed by atoms with Gasteiger partial charge < -0.3 is 15.4 Å². The first-order valence-corrected chi connectivity index (χ1v) is 10.1. The number of nitrogens with zero attached hydrogens (tertiary/aromatic N) is 1. The van der Waals surface area contributed by atoms with E-state index in [0.717, 1.165) is 10.5 Å². The van der Waals surface area contributed by atoms with Crippen LogP contribution in [0.3, 0.4) is 0 Å². The maximum atomic E-state index is 12.5. The van der Waals surface area contributed by atoms with Crippen molar-refractivity contribution in [1.82, 2.24) is 10.2 Å². The van der Waals surface area contributed by atoms with Crippen molar-refractivity contribution >= 4 is 29.5 Å². The molecule has 0 unspecified atom stereocenters. The van der Waals surface area contributed by atoms with E-state index in [1.54, 1.807) is 38.1 Å². The fourth-order valence-corrected chi connectivity index (χ4v) is 3.18. The number of carbonyl (C=O) groups excluding carboxylic acids is 4. The standard InChI is InChI=1S/C23H25N3O5/c1-15(2)31-22(29)17-8-10-18(11-9-17)24-20(27)14-19-21(28)26(23(30)25-19)13-12-16-6-4-3-5-7-16/h3-11,15,19H,12-14H2,1-2H3,(H,24,27)(H,25,30)/t19-/m1/s1. The quantitative estimate of drug-likeness (QED) is 0.502. The minimum atomic E-state index is -0.899. The van der Waals surface area contributed by atoms with E-state index in [4.69, 9.17) is 4.74 Å². The fourth-order valence-electron chi connectivity index (χ4n) is 3.18. The molecular formula is C23H25N3O5. The molecule has 1 aliphatic heterocycles. The van der Waals surface area contributed by atoms with Gasteiger partial charge >= 0.3 is 12.0 Å². The van der Waals surface area contributed by atoms with Gasteiger partial charge in [-0.05, 0) is 50.1 Å². The molecule has 1 atom stereocenters. The number of ether oxygens (including phenoxy) is 1. The summed E-state index contributed by atoms with van der Waals surface area (Å²) >= 11 is 0. The minimum Gasteiger partial charge on any atom is -0.459 e. The Labute approximate surface area is 180 Å². The largest absolute Gasteiger partial charge is 0.459 e. The number of rotatable bonds is 8. The lowest BCUT2D eigenvalue weighted by Gasteiger charge is -2.13. The fraction of sp³-hybridized carbons (Fsp3) is 0.304. The molecule has 4 amide bonds. The molecule has 1 aliphatic rings. The van der Waals surface area contributed by atoms with Crippen molar-refractivity contribution in [2.45, 2.75) is 38.8 Å². The highest BCUT2D eigenvalue weighted by atomic mass is 16.5. The van der Waals surface area contributed by atoms with Crippen LogP contribution in [0.2, 0.25) is 0 Å². The highest BCUT2D eigenvalue weighted by Gasteiger charge is 2.38. The molecule has 2 N–H and O–H groups in total. The van der Waals surface area contributed by atoms with E-state index in [1.807, 2.05) is 30.3 Å². The molecule has 0 aromatic heterocycles. The van der Waals surface area contributed by atoms with Gasteiger partial charge in [0.15, 0.2) is 0 Å². The lowest BCUT2D eigenvalue weighted by atomic mass is 10.1. The lowest BCUT2D eigenvalue weighted by molar-refractivity contribution is -0.129. The van der Waals surface area contributed by atoms with E-state index in [0.29, 0.717) is 17.7 Å². The van der Waals surface area contributed by atoms with E-state index in [2.05, 4.69) is 10.6 Å². The van der Waals surface area contributed by atoms with Gasteiger partial charge in [-0.2, -0.15) is 0 Å². The second-order valence-electron chi connectivity index (χ2n) is 7.51. The van der Waals surface area contributed by atoms with Crippen LogP contribution in [0.15, 0.2) is 54.6 Å². The number of carbonyl (C=O) groups is 4. The van der Waals surface area contributed by atoms with Crippen LogP contribution < -0.4 is 10.6 Å². The third kappa shape index (κ3) is 5.91. The number of urea groups is 1. The molecule has 162 valence electrons. The van der Waals surface area contributed by atoms with E-state index in [-0.39, 0.29) is 19.1 Å². The number of esters is 1. The number of benzene rings is 2. The lowest BCUT2D eigenvalue weighted by Crippen LogP contribution is -2.34. The van der Waals surface area contributed by atoms with Gasteiger partial charge in [0.05, 0.1) is 18.1 Å². The summed E-state index contributed by atoms with van der Waals surface area (Å²) in [6.45, 7) is 3.78. The first-order chi connectivity index (χ1) is 14.8. The zero-order valence-corrected chi connectivity index (χ0v) is 17.5. The summed E-state index contributed by atoms with van der Waals surface area (Å²) in [6.07, 6.45) is 0.145. The van der Waals surface area contributed by atoms with Crippen LogP contribution in [0.25, 0.3) is 0 Å². The molecule has 1 fully saturated rings. The Kier molecular flexibility index (Phi) is 7.02. The molecule has 0 radical (unpaired) electrons. The predicted molar refractivity (Wildman–Crippen MR) is 114 cm³/mol. The molecule has 3 rings (SSSR count). The smallest absolute Gasteiger partial charge is 0.338 e.